The van der Waals surface area contributed by atoms with Crippen molar-refractivity contribution < 1.29 is 9.53 Å². The van der Waals surface area contributed by atoms with Crippen LogP contribution in [0.4, 0.5) is 0 Å². The van der Waals surface area contributed by atoms with Gasteiger partial charge < -0.3 is 4.74 Å². The lowest BCUT2D eigenvalue weighted by atomic mass is 9.81. The summed E-state index contributed by atoms with van der Waals surface area (Å²) >= 11 is 0. The summed E-state index contributed by atoms with van der Waals surface area (Å²) < 4.78 is 5.90. The standard InChI is InChI=1S/C13H20O2/c1-10(2)12(14)11-5-8-15-13(9-11)6-3-4-7-13/h11H,1,3-9H2,2H3. The van der Waals surface area contributed by atoms with Gasteiger partial charge in [-0.15, -0.1) is 0 Å². The van der Waals surface area contributed by atoms with Crippen LogP contribution in [0.1, 0.15) is 45.4 Å². The zero-order valence-corrected chi connectivity index (χ0v) is 9.55. The van der Waals surface area contributed by atoms with E-state index in [4.69, 9.17) is 4.74 Å². The highest BCUT2D eigenvalue weighted by Gasteiger charge is 2.41. The Kier molecular flexibility index (Phi) is 2.96. The Labute approximate surface area is 91.7 Å². The average Bonchev–Trinajstić information content (AvgIpc) is 2.65. The summed E-state index contributed by atoms with van der Waals surface area (Å²) in [7, 11) is 0. The van der Waals surface area contributed by atoms with E-state index in [0.29, 0.717) is 5.57 Å². The second-order valence-electron chi connectivity index (χ2n) is 5.07. The van der Waals surface area contributed by atoms with Gasteiger partial charge in [0.2, 0.25) is 0 Å². The fraction of sp³-hybridized carbons (Fsp3) is 0.769. The Morgan fingerprint density at radius 3 is 2.67 bits per heavy atom. The fourth-order valence-corrected chi connectivity index (χ4v) is 2.97. The molecule has 1 heterocycles. The van der Waals surface area contributed by atoms with Crippen molar-refractivity contribution in [3.05, 3.63) is 12.2 Å². The first-order chi connectivity index (χ1) is 7.13. The van der Waals surface area contributed by atoms with Gasteiger partial charge in [-0.1, -0.05) is 19.4 Å². The number of carbonyl (C=O) groups is 1. The number of ether oxygens (including phenoxy) is 1. The maximum atomic E-state index is 11.9. The monoisotopic (exact) mass is 208 g/mol. The van der Waals surface area contributed by atoms with Gasteiger partial charge in [0.15, 0.2) is 5.78 Å². The topological polar surface area (TPSA) is 26.3 Å². The van der Waals surface area contributed by atoms with Crippen molar-refractivity contribution in [2.75, 3.05) is 6.61 Å². The predicted octanol–water partition coefficient (Wildman–Crippen LogP) is 2.87. The van der Waals surface area contributed by atoms with Crippen molar-refractivity contribution in [3.8, 4) is 0 Å². The van der Waals surface area contributed by atoms with Crippen molar-refractivity contribution in [3.63, 3.8) is 0 Å². The molecule has 1 saturated carbocycles. The molecule has 1 unspecified atom stereocenters. The summed E-state index contributed by atoms with van der Waals surface area (Å²) in [6.07, 6.45) is 6.62. The Balaban J connectivity index is 2.03. The van der Waals surface area contributed by atoms with Crippen LogP contribution in [0.2, 0.25) is 0 Å². The predicted molar refractivity (Wildman–Crippen MR) is 59.7 cm³/mol. The van der Waals surface area contributed by atoms with Crippen LogP contribution in [-0.4, -0.2) is 18.0 Å². The highest BCUT2D eigenvalue weighted by atomic mass is 16.5. The van der Waals surface area contributed by atoms with Crippen molar-refractivity contribution in [2.24, 2.45) is 5.92 Å². The molecule has 0 aromatic carbocycles. The molecule has 2 nitrogen and oxygen atoms in total. The molecule has 84 valence electrons. The second-order valence-corrected chi connectivity index (χ2v) is 5.07. The molecule has 15 heavy (non-hydrogen) atoms. The van der Waals surface area contributed by atoms with Gasteiger partial charge >= 0.3 is 0 Å². The van der Waals surface area contributed by atoms with E-state index in [1.54, 1.807) is 0 Å². The lowest BCUT2D eigenvalue weighted by Crippen LogP contribution is -2.39. The molecule has 0 aromatic heterocycles. The first kappa shape index (κ1) is 10.9. The van der Waals surface area contributed by atoms with E-state index in [0.717, 1.165) is 32.3 Å². The Morgan fingerprint density at radius 1 is 1.40 bits per heavy atom. The van der Waals surface area contributed by atoms with Gasteiger partial charge in [-0.05, 0) is 38.2 Å². The molecule has 2 aliphatic rings. The average molecular weight is 208 g/mol. The van der Waals surface area contributed by atoms with E-state index in [9.17, 15) is 4.79 Å². The first-order valence-electron chi connectivity index (χ1n) is 5.97. The molecular formula is C13H20O2. The minimum atomic E-state index is 0.0496. The van der Waals surface area contributed by atoms with Gasteiger partial charge in [0.25, 0.3) is 0 Å². The van der Waals surface area contributed by atoms with Crippen LogP contribution in [0.25, 0.3) is 0 Å². The summed E-state index contributed by atoms with van der Waals surface area (Å²) in [6, 6.07) is 0. The highest BCUT2D eigenvalue weighted by Crippen LogP contribution is 2.42. The fourth-order valence-electron chi connectivity index (χ4n) is 2.97. The van der Waals surface area contributed by atoms with Gasteiger partial charge in [-0.3, -0.25) is 4.79 Å². The van der Waals surface area contributed by atoms with Crippen LogP contribution >= 0.6 is 0 Å². The summed E-state index contributed by atoms with van der Waals surface area (Å²) in [5, 5.41) is 0. The van der Waals surface area contributed by atoms with Crippen LogP contribution in [0.5, 0.6) is 0 Å². The number of rotatable bonds is 2. The van der Waals surface area contributed by atoms with Crippen LogP contribution in [0.15, 0.2) is 12.2 Å². The van der Waals surface area contributed by atoms with Crippen molar-refractivity contribution >= 4 is 5.78 Å². The molecule has 0 bridgehead atoms. The maximum absolute atomic E-state index is 11.9. The molecule has 1 saturated heterocycles. The lowest BCUT2D eigenvalue weighted by molar-refractivity contribution is -0.132. The molecule has 0 amide bonds. The van der Waals surface area contributed by atoms with Gasteiger partial charge in [0.05, 0.1) is 5.60 Å². The summed E-state index contributed by atoms with van der Waals surface area (Å²) in [6.45, 7) is 6.33. The van der Waals surface area contributed by atoms with E-state index in [1.807, 2.05) is 6.92 Å². The van der Waals surface area contributed by atoms with Crippen molar-refractivity contribution in [1.29, 1.82) is 0 Å². The van der Waals surface area contributed by atoms with Crippen molar-refractivity contribution in [1.82, 2.24) is 0 Å². The van der Waals surface area contributed by atoms with Gasteiger partial charge in [-0.2, -0.15) is 0 Å². The number of carbonyl (C=O) groups excluding carboxylic acids is 1. The molecular weight excluding hydrogens is 188 g/mol. The van der Waals surface area contributed by atoms with E-state index < -0.39 is 0 Å². The third-order valence-electron chi connectivity index (χ3n) is 3.80. The van der Waals surface area contributed by atoms with Crippen LogP contribution < -0.4 is 0 Å². The molecule has 0 radical (unpaired) electrons. The van der Waals surface area contributed by atoms with Gasteiger partial charge in [0.1, 0.15) is 0 Å². The minimum Gasteiger partial charge on any atom is -0.375 e. The maximum Gasteiger partial charge on any atom is 0.161 e. The minimum absolute atomic E-state index is 0.0496. The Morgan fingerprint density at radius 2 is 2.07 bits per heavy atom. The third kappa shape index (κ3) is 2.15. The summed E-state index contributed by atoms with van der Waals surface area (Å²) in [5.41, 5.74) is 0.753. The summed E-state index contributed by atoms with van der Waals surface area (Å²) in [5.74, 6) is 0.430. The zero-order chi connectivity index (χ0) is 10.9. The molecule has 2 rings (SSSR count). The molecule has 1 aliphatic heterocycles. The van der Waals surface area contributed by atoms with Crippen LogP contribution in [0, 0.1) is 5.92 Å². The number of hydrogen-bond acceptors (Lipinski definition) is 2. The van der Waals surface area contributed by atoms with Crippen LogP contribution in [0.3, 0.4) is 0 Å². The molecule has 1 spiro atoms. The normalized spacial score (nSPS) is 29.3. The lowest BCUT2D eigenvalue weighted by Gasteiger charge is -2.37. The smallest absolute Gasteiger partial charge is 0.161 e. The molecule has 0 aromatic rings. The number of hydrogen-bond donors (Lipinski definition) is 0. The summed E-state index contributed by atoms with van der Waals surface area (Å²) in [4.78, 5) is 11.9. The quantitative estimate of drug-likeness (QED) is 0.652. The van der Waals surface area contributed by atoms with E-state index in [-0.39, 0.29) is 17.3 Å². The number of ketones is 1. The van der Waals surface area contributed by atoms with E-state index in [1.165, 1.54) is 12.8 Å². The Hall–Kier alpha value is -0.630. The largest absolute Gasteiger partial charge is 0.375 e. The SMILES string of the molecule is C=C(C)C(=O)C1CCOC2(CCCC2)C1. The molecule has 1 aliphatic carbocycles. The molecule has 1 atom stereocenters. The first-order valence-corrected chi connectivity index (χ1v) is 5.97. The van der Waals surface area contributed by atoms with Crippen LogP contribution in [-0.2, 0) is 9.53 Å². The second kappa shape index (κ2) is 4.09. The molecule has 2 fully saturated rings. The van der Waals surface area contributed by atoms with E-state index in [2.05, 4.69) is 6.58 Å². The third-order valence-corrected chi connectivity index (χ3v) is 3.80. The highest BCUT2D eigenvalue weighted by molar-refractivity contribution is 5.96. The van der Waals surface area contributed by atoms with Gasteiger partial charge in [0, 0.05) is 12.5 Å². The molecule has 0 N–H and O–H groups in total. The Bertz CT molecular complexity index is 274. The zero-order valence-electron chi connectivity index (χ0n) is 9.55. The molecule has 2 heteroatoms. The van der Waals surface area contributed by atoms with E-state index >= 15 is 0 Å². The number of Topliss-reactive ketones (excluding diaryl/α,β-unsaturated/α-hetero) is 1. The van der Waals surface area contributed by atoms with Gasteiger partial charge in [-0.25, -0.2) is 0 Å². The van der Waals surface area contributed by atoms with Crippen molar-refractivity contribution in [2.45, 2.75) is 51.0 Å². The number of allylic oxidation sites excluding steroid dienone is 1.